The molecule has 0 bridgehead atoms. The lowest BCUT2D eigenvalue weighted by Crippen LogP contribution is -1.88. The van der Waals surface area contributed by atoms with Crippen molar-refractivity contribution in [2.24, 2.45) is 0 Å². The summed E-state index contributed by atoms with van der Waals surface area (Å²) in [5.41, 5.74) is 44.0. The van der Waals surface area contributed by atoms with Crippen molar-refractivity contribution in [3.63, 3.8) is 0 Å². The van der Waals surface area contributed by atoms with Crippen molar-refractivity contribution in [2.75, 3.05) is 0 Å². The first-order chi connectivity index (χ1) is 45.8. The summed E-state index contributed by atoms with van der Waals surface area (Å²) in [5, 5.41) is 0. The largest absolute Gasteiger partial charge is 0.0622 e. The summed E-state index contributed by atoms with van der Waals surface area (Å²) < 4.78 is 0. The molecule has 0 spiro atoms. The van der Waals surface area contributed by atoms with Crippen LogP contribution < -0.4 is 0 Å². The fourth-order valence-electron chi connectivity index (χ4n) is 10.2. The minimum atomic E-state index is 1.32. The van der Waals surface area contributed by atoms with Crippen molar-refractivity contribution >= 4 is 0 Å². The Labute approximate surface area is 602 Å². The summed E-state index contributed by atoms with van der Waals surface area (Å²) in [4.78, 5) is 0. The average Bonchev–Trinajstić information content (AvgIpc) is 1.09. The third-order valence-electron chi connectivity index (χ3n) is 18.1. The molecular weight excluding hydrogens is 1180 g/mol. The molecule has 98 heavy (non-hydrogen) atoms. The topological polar surface area (TPSA) is 0 Å². The highest BCUT2D eigenvalue weighted by molar-refractivity contribution is 5.40. The van der Waals surface area contributed by atoms with E-state index in [-0.39, 0.29) is 0 Å². The number of rotatable bonds is 0. The van der Waals surface area contributed by atoms with Gasteiger partial charge in [-0.15, -0.1) is 0 Å². The van der Waals surface area contributed by atoms with Gasteiger partial charge in [-0.25, -0.2) is 0 Å². The van der Waals surface area contributed by atoms with Crippen LogP contribution in [0.5, 0.6) is 0 Å². The van der Waals surface area contributed by atoms with E-state index in [0.29, 0.717) is 0 Å². The van der Waals surface area contributed by atoms with E-state index < -0.39 is 0 Å². The van der Waals surface area contributed by atoms with Crippen molar-refractivity contribution in [1.29, 1.82) is 0 Å². The molecule has 0 aliphatic carbocycles. The van der Waals surface area contributed by atoms with Gasteiger partial charge in [0, 0.05) is 0 Å². The highest BCUT2D eigenvalue weighted by Gasteiger charge is 2.00. The van der Waals surface area contributed by atoms with Gasteiger partial charge in [0.25, 0.3) is 0 Å². The van der Waals surface area contributed by atoms with Crippen molar-refractivity contribution in [3.05, 3.63) is 384 Å². The second-order valence-electron chi connectivity index (χ2n) is 27.9. The van der Waals surface area contributed by atoms with Crippen LogP contribution in [0, 0.1) is 222 Å². The summed E-state index contributed by atoms with van der Waals surface area (Å²) in [6.07, 6.45) is 0. The minimum absolute atomic E-state index is 1.32. The average molecular weight is 1310 g/mol. The molecule has 0 amide bonds. The van der Waals surface area contributed by atoms with Crippen molar-refractivity contribution in [1.82, 2.24) is 0 Å². The maximum Gasteiger partial charge on any atom is -0.0392 e. The lowest BCUT2D eigenvalue weighted by molar-refractivity contribution is 1.22. The Morgan fingerprint density at radius 2 is 0.296 bits per heavy atom. The standard InChI is InChI=1S/3C10H14.5C9H12.2C8H10.C7H8/c1-7-5-9(3)10(4)6-8(7)2;1-7-5-8(2)10(4)9(3)6-7;1-7-5-6-8(2)10(4)9(7)3;1-7-4-8(2)6-9(3)5-7;3*1-7-4-5-8(2)9(3)6-7;1-7-5-4-6-8(2)9(7)3;1-7-3-5-8(2)6-4-7;1-7-4-3-5-8(2)6-7;1-7-5-3-2-4-6-7/h3*5-6H,1-4H3;5*4-6H,1-3H3;2*3-6H,1-2H3;2-6H,1H3. The predicted octanol–water partition coefficient (Wildman–Crippen LogP) is 28.4. The fourth-order valence-corrected chi connectivity index (χ4v) is 10.2. The van der Waals surface area contributed by atoms with Gasteiger partial charge in [0.2, 0.25) is 0 Å². The van der Waals surface area contributed by atoms with E-state index in [1.807, 2.05) is 18.2 Å². The Morgan fingerprint density at radius 3 is 0.541 bits per heavy atom. The van der Waals surface area contributed by atoms with Crippen LogP contribution in [0.1, 0.15) is 178 Å². The zero-order valence-corrected chi connectivity index (χ0v) is 67.6. The minimum Gasteiger partial charge on any atom is -0.0622 e. The van der Waals surface area contributed by atoms with E-state index in [1.165, 1.54) is 178 Å². The monoisotopic (exact) mass is 1310 g/mol. The van der Waals surface area contributed by atoms with Crippen molar-refractivity contribution < 1.29 is 0 Å². The summed E-state index contributed by atoms with van der Waals surface area (Å²) in [6, 6.07) is 72.9. The molecule has 0 saturated heterocycles. The highest BCUT2D eigenvalue weighted by atomic mass is 14.1. The SMILES string of the molecule is Cc1cc(C)c(C)c(C)c1.Cc1cc(C)c(C)cc1C.Cc1cc(C)cc(C)c1.Cc1ccc(C)c(C)c1.Cc1ccc(C)c(C)c1.Cc1ccc(C)c(C)c1.Cc1ccc(C)c(C)c1C.Cc1ccc(C)cc1.Cc1cccc(C)c1.Cc1cccc(C)c1C.Cc1ccccc1. The summed E-state index contributed by atoms with van der Waals surface area (Å²) in [6.45, 7) is 68.4. The molecule has 522 valence electrons. The van der Waals surface area contributed by atoms with Gasteiger partial charge in [0.1, 0.15) is 0 Å². The Balaban J connectivity index is 0.000000540. The van der Waals surface area contributed by atoms with E-state index >= 15 is 0 Å². The Kier molecular flexibility index (Phi) is 40.9. The zero-order valence-electron chi connectivity index (χ0n) is 67.6. The quantitative estimate of drug-likeness (QED) is 0.142. The van der Waals surface area contributed by atoms with Gasteiger partial charge in [-0.3, -0.25) is 0 Å². The molecule has 11 rings (SSSR count). The molecule has 0 aliphatic rings. The summed E-state index contributed by atoms with van der Waals surface area (Å²) in [5.74, 6) is 0. The molecule has 0 saturated carbocycles. The first-order valence-corrected chi connectivity index (χ1v) is 35.2. The number of hydrogen-bond donors (Lipinski definition) is 0. The highest BCUT2D eigenvalue weighted by Crippen LogP contribution is 2.18. The van der Waals surface area contributed by atoms with Crippen molar-refractivity contribution in [3.8, 4) is 0 Å². The molecule has 0 N–H and O–H groups in total. The Bertz CT molecular complexity index is 3790. The van der Waals surface area contributed by atoms with Crippen LogP contribution in [-0.2, 0) is 0 Å². The molecule has 0 aromatic heterocycles. The van der Waals surface area contributed by atoms with E-state index in [0.717, 1.165) is 0 Å². The molecule has 0 heteroatoms. The second kappa shape index (κ2) is 45.8. The fraction of sp³-hybridized carbons (Fsp3) is 0.327. The lowest BCUT2D eigenvalue weighted by Gasteiger charge is -2.06. The molecule has 11 aromatic rings. The smallest absolute Gasteiger partial charge is 0.0392 e. The van der Waals surface area contributed by atoms with Crippen molar-refractivity contribution in [2.45, 2.75) is 222 Å². The maximum absolute atomic E-state index is 2.24. The zero-order chi connectivity index (χ0) is 74.5. The third kappa shape index (κ3) is 36.7. The van der Waals surface area contributed by atoms with Gasteiger partial charge >= 0.3 is 0 Å². The number of hydrogen-bond acceptors (Lipinski definition) is 0. The van der Waals surface area contributed by atoms with E-state index in [4.69, 9.17) is 0 Å². The van der Waals surface area contributed by atoms with E-state index in [9.17, 15) is 0 Å². The maximum atomic E-state index is 2.24. The van der Waals surface area contributed by atoms with Gasteiger partial charge in [-0.05, 0) is 333 Å². The third-order valence-corrected chi connectivity index (χ3v) is 18.1. The van der Waals surface area contributed by atoms with Crippen LogP contribution in [-0.4, -0.2) is 0 Å². The molecule has 0 atom stereocenters. The first-order valence-electron chi connectivity index (χ1n) is 35.2. The number of benzene rings is 11. The molecule has 0 unspecified atom stereocenters. The van der Waals surface area contributed by atoms with Gasteiger partial charge in [-0.2, -0.15) is 0 Å². The van der Waals surface area contributed by atoms with E-state index in [1.54, 1.807) is 0 Å². The summed E-state index contributed by atoms with van der Waals surface area (Å²) >= 11 is 0. The molecule has 0 heterocycles. The van der Waals surface area contributed by atoms with Gasteiger partial charge in [0.05, 0.1) is 0 Å². The molecule has 0 aliphatic heterocycles. The molecule has 11 aromatic carbocycles. The lowest BCUT2D eigenvalue weighted by atomic mass is 10.0. The Hall–Kier alpha value is -8.58. The van der Waals surface area contributed by atoms with Crippen LogP contribution in [0.15, 0.2) is 206 Å². The second-order valence-corrected chi connectivity index (χ2v) is 27.9. The summed E-state index contributed by atoms with van der Waals surface area (Å²) in [7, 11) is 0. The predicted molar refractivity (Wildman–Crippen MR) is 442 cm³/mol. The first kappa shape index (κ1) is 87.4. The molecular formula is C98H130. The molecule has 0 radical (unpaired) electrons. The normalized spacial score (nSPS) is 9.63. The van der Waals surface area contributed by atoms with Gasteiger partial charge in [-0.1, -0.05) is 273 Å². The van der Waals surface area contributed by atoms with Crippen LogP contribution in [0.25, 0.3) is 0 Å². The van der Waals surface area contributed by atoms with Crippen LogP contribution in [0.4, 0.5) is 0 Å². The van der Waals surface area contributed by atoms with Gasteiger partial charge in [0.15, 0.2) is 0 Å². The van der Waals surface area contributed by atoms with Gasteiger partial charge < -0.3 is 0 Å². The number of aryl methyl sites for hydroxylation is 28. The molecule has 0 nitrogen and oxygen atoms in total. The van der Waals surface area contributed by atoms with Crippen LogP contribution in [0.2, 0.25) is 0 Å². The Morgan fingerprint density at radius 1 is 0.102 bits per heavy atom. The van der Waals surface area contributed by atoms with E-state index in [2.05, 4.69) is 410 Å². The van der Waals surface area contributed by atoms with Crippen LogP contribution >= 0.6 is 0 Å². The van der Waals surface area contributed by atoms with Crippen LogP contribution in [0.3, 0.4) is 0 Å². The molecule has 0 fully saturated rings.